The van der Waals surface area contributed by atoms with Crippen molar-refractivity contribution in [3.63, 3.8) is 0 Å². The molecule has 0 heterocycles. The van der Waals surface area contributed by atoms with Crippen LogP contribution in [0.5, 0.6) is 0 Å². The van der Waals surface area contributed by atoms with Gasteiger partial charge in [-0.05, 0) is 25.8 Å². The SMILES string of the molecule is Bc1c(CC)ccc(C)c1C. The summed E-state index contributed by atoms with van der Waals surface area (Å²) < 4.78 is 0. The fourth-order valence-electron chi connectivity index (χ4n) is 1.40. The van der Waals surface area contributed by atoms with Crippen molar-refractivity contribution in [1.29, 1.82) is 0 Å². The third-order valence-corrected chi connectivity index (χ3v) is 2.55. The van der Waals surface area contributed by atoms with Crippen LogP contribution in [0.25, 0.3) is 0 Å². The minimum atomic E-state index is 1.15. The molecule has 0 radical (unpaired) electrons. The molecule has 0 nitrogen and oxygen atoms in total. The average Bonchev–Trinajstić information content (AvgIpc) is 2.01. The Morgan fingerprint density at radius 1 is 1.27 bits per heavy atom. The first-order chi connectivity index (χ1) is 5.16. The molecule has 0 aliphatic heterocycles. The Morgan fingerprint density at radius 3 is 2.45 bits per heavy atom. The zero-order valence-corrected chi connectivity index (χ0v) is 7.86. The zero-order chi connectivity index (χ0) is 8.43. The molecule has 0 fully saturated rings. The molecular weight excluding hydrogens is 131 g/mol. The monoisotopic (exact) mass is 146 g/mol. The molecule has 0 atom stereocenters. The second-order valence-electron chi connectivity index (χ2n) is 3.15. The molecule has 0 unspecified atom stereocenters. The van der Waals surface area contributed by atoms with Crippen molar-refractivity contribution in [3.8, 4) is 0 Å². The fourth-order valence-corrected chi connectivity index (χ4v) is 1.40. The summed E-state index contributed by atoms with van der Waals surface area (Å²) in [5.41, 5.74) is 5.80. The molecule has 0 spiro atoms. The van der Waals surface area contributed by atoms with Crippen LogP contribution in [0.4, 0.5) is 0 Å². The summed E-state index contributed by atoms with van der Waals surface area (Å²) in [5.74, 6) is 0. The minimum Gasteiger partial charge on any atom is -0.0827 e. The molecule has 0 aromatic heterocycles. The molecule has 0 saturated carbocycles. The van der Waals surface area contributed by atoms with Gasteiger partial charge in [0.2, 0.25) is 0 Å². The number of rotatable bonds is 1. The van der Waals surface area contributed by atoms with Crippen LogP contribution < -0.4 is 5.46 Å². The van der Waals surface area contributed by atoms with E-state index in [2.05, 4.69) is 40.8 Å². The highest BCUT2D eigenvalue weighted by Gasteiger charge is 2.00. The quantitative estimate of drug-likeness (QED) is 0.521. The lowest BCUT2D eigenvalue weighted by atomic mass is 9.83. The van der Waals surface area contributed by atoms with Gasteiger partial charge in [-0.1, -0.05) is 35.6 Å². The van der Waals surface area contributed by atoms with Crippen LogP contribution in [0.1, 0.15) is 23.6 Å². The highest BCUT2D eigenvalue weighted by atomic mass is 14.0. The van der Waals surface area contributed by atoms with Crippen molar-refractivity contribution < 1.29 is 0 Å². The van der Waals surface area contributed by atoms with Crippen LogP contribution in [-0.2, 0) is 6.42 Å². The van der Waals surface area contributed by atoms with Gasteiger partial charge < -0.3 is 0 Å². The highest BCUT2D eigenvalue weighted by Crippen LogP contribution is 2.06. The molecule has 58 valence electrons. The Labute approximate surface area is 70.0 Å². The third-order valence-electron chi connectivity index (χ3n) is 2.55. The predicted octanol–water partition coefficient (Wildman–Crippen LogP) is 1.12. The molecule has 1 heteroatoms. The van der Waals surface area contributed by atoms with E-state index < -0.39 is 0 Å². The molecule has 0 amide bonds. The van der Waals surface area contributed by atoms with E-state index in [9.17, 15) is 0 Å². The Bertz CT molecular complexity index is 264. The molecule has 11 heavy (non-hydrogen) atoms. The smallest absolute Gasteiger partial charge is 0.0827 e. The van der Waals surface area contributed by atoms with Crippen molar-refractivity contribution in [2.45, 2.75) is 27.2 Å². The van der Waals surface area contributed by atoms with Crippen LogP contribution in [0.15, 0.2) is 12.1 Å². The van der Waals surface area contributed by atoms with Crippen molar-refractivity contribution in [1.82, 2.24) is 0 Å². The van der Waals surface area contributed by atoms with E-state index in [1.165, 1.54) is 22.2 Å². The second-order valence-corrected chi connectivity index (χ2v) is 3.15. The summed E-state index contributed by atoms with van der Waals surface area (Å²) in [4.78, 5) is 0. The molecule has 0 aliphatic rings. The predicted molar refractivity (Wildman–Crippen MR) is 53.5 cm³/mol. The van der Waals surface area contributed by atoms with E-state index in [1.54, 1.807) is 0 Å². The van der Waals surface area contributed by atoms with E-state index in [0.29, 0.717) is 0 Å². The number of hydrogen-bond donors (Lipinski definition) is 0. The van der Waals surface area contributed by atoms with Crippen molar-refractivity contribution >= 4 is 13.3 Å². The van der Waals surface area contributed by atoms with Gasteiger partial charge in [0.1, 0.15) is 7.85 Å². The summed E-state index contributed by atoms with van der Waals surface area (Å²) in [5, 5.41) is 0. The molecule has 0 bridgehead atoms. The van der Waals surface area contributed by atoms with Gasteiger partial charge in [0.25, 0.3) is 0 Å². The van der Waals surface area contributed by atoms with Gasteiger partial charge in [-0.2, -0.15) is 0 Å². The fraction of sp³-hybridized carbons (Fsp3) is 0.400. The number of benzene rings is 1. The maximum atomic E-state index is 2.23. The van der Waals surface area contributed by atoms with Crippen LogP contribution >= 0.6 is 0 Å². The Morgan fingerprint density at radius 2 is 1.91 bits per heavy atom. The number of aryl methyl sites for hydroxylation is 2. The summed E-state index contributed by atoms with van der Waals surface area (Å²) in [7, 11) is 2.21. The van der Waals surface area contributed by atoms with E-state index in [-0.39, 0.29) is 0 Å². The second kappa shape index (κ2) is 3.12. The lowest BCUT2D eigenvalue weighted by Crippen LogP contribution is -2.14. The largest absolute Gasteiger partial charge is 0.140 e. The Kier molecular flexibility index (Phi) is 2.38. The molecule has 0 saturated heterocycles. The first kappa shape index (κ1) is 8.38. The topological polar surface area (TPSA) is 0 Å². The summed E-state index contributed by atoms with van der Waals surface area (Å²) in [6.45, 7) is 6.57. The zero-order valence-electron chi connectivity index (χ0n) is 7.86. The van der Waals surface area contributed by atoms with Gasteiger partial charge in [0.05, 0.1) is 0 Å². The van der Waals surface area contributed by atoms with E-state index >= 15 is 0 Å². The molecular formula is C10H15B. The molecule has 1 rings (SSSR count). The lowest BCUT2D eigenvalue weighted by molar-refractivity contribution is 1.14. The van der Waals surface area contributed by atoms with Crippen LogP contribution in [0.2, 0.25) is 0 Å². The molecule has 1 aromatic carbocycles. The standard InChI is InChI=1S/C10H15B/c1-4-9-6-5-7(2)8(3)10(9)11/h5-6H,4,11H2,1-3H3. The van der Waals surface area contributed by atoms with Gasteiger partial charge in [-0.3, -0.25) is 0 Å². The van der Waals surface area contributed by atoms with Crippen LogP contribution in [0.3, 0.4) is 0 Å². The van der Waals surface area contributed by atoms with Gasteiger partial charge in [0.15, 0.2) is 0 Å². The van der Waals surface area contributed by atoms with E-state index in [4.69, 9.17) is 0 Å². The Hall–Kier alpha value is -0.715. The first-order valence-electron chi connectivity index (χ1n) is 4.22. The van der Waals surface area contributed by atoms with Crippen molar-refractivity contribution in [3.05, 3.63) is 28.8 Å². The molecule has 0 N–H and O–H groups in total. The molecule has 1 aromatic rings. The van der Waals surface area contributed by atoms with Gasteiger partial charge in [-0.25, -0.2) is 0 Å². The van der Waals surface area contributed by atoms with Gasteiger partial charge in [0, 0.05) is 0 Å². The number of hydrogen-bond acceptors (Lipinski definition) is 0. The maximum absolute atomic E-state index is 2.23. The van der Waals surface area contributed by atoms with Crippen molar-refractivity contribution in [2.75, 3.05) is 0 Å². The van der Waals surface area contributed by atoms with Crippen LogP contribution in [0, 0.1) is 13.8 Å². The minimum absolute atomic E-state index is 1.15. The lowest BCUT2D eigenvalue weighted by Gasteiger charge is -2.08. The van der Waals surface area contributed by atoms with Gasteiger partial charge >= 0.3 is 0 Å². The van der Waals surface area contributed by atoms with E-state index in [0.717, 1.165) is 6.42 Å². The average molecular weight is 146 g/mol. The first-order valence-corrected chi connectivity index (χ1v) is 4.22. The van der Waals surface area contributed by atoms with Crippen molar-refractivity contribution in [2.24, 2.45) is 0 Å². The summed E-state index contributed by atoms with van der Waals surface area (Å²) in [6.07, 6.45) is 1.15. The Balaban J connectivity index is 3.25. The summed E-state index contributed by atoms with van der Waals surface area (Å²) in [6, 6.07) is 4.44. The third kappa shape index (κ3) is 1.47. The van der Waals surface area contributed by atoms with Gasteiger partial charge in [-0.15, -0.1) is 0 Å². The summed E-state index contributed by atoms with van der Waals surface area (Å²) >= 11 is 0. The normalized spacial score (nSPS) is 10.1. The maximum Gasteiger partial charge on any atom is 0.140 e. The molecule has 0 aliphatic carbocycles. The van der Waals surface area contributed by atoms with Crippen LogP contribution in [-0.4, -0.2) is 7.85 Å². The highest BCUT2D eigenvalue weighted by molar-refractivity contribution is 6.34. The van der Waals surface area contributed by atoms with E-state index in [1.807, 2.05) is 0 Å².